The molecule has 0 saturated heterocycles. The molecule has 3 nitrogen and oxygen atoms in total. The number of carbonyl (C=O) groups excluding carboxylic acids is 1. The Balaban J connectivity index is 2.21. The number of hydrogen-bond acceptors (Lipinski definition) is 3. The molecule has 0 amide bonds. The lowest BCUT2D eigenvalue weighted by atomic mass is 9.92. The average molecular weight is 240 g/mol. The standard InChI is InChI=1S/C15H16N2O/c16-11-13(14-9-5-2-6-10-17-14)15(18)12-7-3-1-4-8-12/h1,3-4,7-8,13H,2,5-6,9-10H2. The van der Waals surface area contributed by atoms with E-state index in [-0.39, 0.29) is 5.78 Å². The third-order valence-electron chi connectivity index (χ3n) is 3.19. The second-order valence-electron chi connectivity index (χ2n) is 4.48. The van der Waals surface area contributed by atoms with E-state index in [1.54, 1.807) is 12.1 Å². The van der Waals surface area contributed by atoms with Crippen LogP contribution < -0.4 is 0 Å². The maximum atomic E-state index is 12.3. The van der Waals surface area contributed by atoms with Gasteiger partial charge in [-0.1, -0.05) is 36.8 Å². The molecule has 0 spiro atoms. The molecule has 0 radical (unpaired) electrons. The Hall–Kier alpha value is -1.95. The summed E-state index contributed by atoms with van der Waals surface area (Å²) in [5.41, 5.74) is 1.36. The lowest BCUT2D eigenvalue weighted by molar-refractivity contribution is 0.0974. The summed E-state index contributed by atoms with van der Waals surface area (Å²) in [4.78, 5) is 16.7. The van der Waals surface area contributed by atoms with Gasteiger partial charge in [0.25, 0.3) is 0 Å². The molecule has 3 heteroatoms. The van der Waals surface area contributed by atoms with Crippen LogP contribution in [0.1, 0.15) is 36.0 Å². The highest BCUT2D eigenvalue weighted by molar-refractivity contribution is 6.14. The zero-order valence-electron chi connectivity index (χ0n) is 10.3. The van der Waals surface area contributed by atoms with Crippen LogP contribution in [0.2, 0.25) is 0 Å². The molecule has 1 aliphatic heterocycles. The zero-order chi connectivity index (χ0) is 12.8. The monoisotopic (exact) mass is 240 g/mol. The van der Waals surface area contributed by atoms with Crippen molar-refractivity contribution in [3.05, 3.63) is 35.9 Å². The molecule has 0 aromatic heterocycles. The van der Waals surface area contributed by atoms with E-state index in [1.807, 2.05) is 18.2 Å². The van der Waals surface area contributed by atoms with Gasteiger partial charge < -0.3 is 0 Å². The number of benzene rings is 1. The molecule has 0 aliphatic carbocycles. The number of carbonyl (C=O) groups is 1. The molecule has 0 fully saturated rings. The average Bonchev–Trinajstić information content (AvgIpc) is 2.70. The van der Waals surface area contributed by atoms with Crippen molar-refractivity contribution in [1.29, 1.82) is 5.26 Å². The molecule has 1 aromatic rings. The van der Waals surface area contributed by atoms with Gasteiger partial charge in [-0.15, -0.1) is 0 Å². The van der Waals surface area contributed by atoms with Crippen LogP contribution in [0, 0.1) is 17.2 Å². The van der Waals surface area contributed by atoms with Gasteiger partial charge in [-0.25, -0.2) is 0 Å². The Morgan fingerprint density at radius 1 is 1.22 bits per heavy atom. The SMILES string of the molecule is N#CC(C(=O)c1ccccc1)C1=NCCCCC1. The molecule has 1 heterocycles. The van der Waals surface area contributed by atoms with Gasteiger partial charge in [-0.05, 0) is 19.3 Å². The summed E-state index contributed by atoms with van der Waals surface area (Å²) in [7, 11) is 0. The van der Waals surface area contributed by atoms with Crippen molar-refractivity contribution in [3.8, 4) is 6.07 Å². The lowest BCUT2D eigenvalue weighted by Gasteiger charge is -2.10. The fourth-order valence-corrected chi connectivity index (χ4v) is 2.19. The molecule has 1 aromatic carbocycles. The van der Waals surface area contributed by atoms with Crippen LogP contribution in [-0.2, 0) is 0 Å². The minimum Gasteiger partial charge on any atom is -0.292 e. The lowest BCUT2D eigenvalue weighted by Crippen LogP contribution is -2.23. The normalized spacial score (nSPS) is 17.2. The largest absolute Gasteiger partial charge is 0.292 e. The summed E-state index contributed by atoms with van der Waals surface area (Å²) in [6.07, 6.45) is 3.99. The van der Waals surface area contributed by atoms with Gasteiger partial charge in [-0.2, -0.15) is 5.26 Å². The van der Waals surface area contributed by atoms with Gasteiger partial charge in [-0.3, -0.25) is 9.79 Å². The zero-order valence-corrected chi connectivity index (χ0v) is 10.3. The predicted molar refractivity (Wildman–Crippen MR) is 70.6 cm³/mol. The first kappa shape index (κ1) is 12.5. The van der Waals surface area contributed by atoms with Crippen LogP contribution in [-0.4, -0.2) is 18.0 Å². The van der Waals surface area contributed by atoms with Crippen LogP contribution in [0.3, 0.4) is 0 Å². The number of hydrogen-bond donors (Lipinski definition) is 0. The maximum absolute atomic E-state index is 12.3. The van der Waals surface area contributed by atoms with Crippen molar-refractivity contribution in [2.75, 3.05) is 6.54 Å². The summed E-state index contributed by atoms with van der Waals surface area (Å²) in [5.74, 6) is -0.829. The Morgan fingerprint density at radius 3 is 2.72 bits per heavy atom. The Bertz CT molecular complexity index is 485. The first-order valence-electron chi connectivity index (χ1n) is 6.35. The second kappa shape index (κ2) is 6.11. The van der Waals surface area contributed by atoms with E-state index in [4.69, 9.17) is 0 Å². The first-order chi connectivity index (χ1) is 8.83. The van der Waals surface area contributed by atoms with E-state index in [9.17, 15) is 10.1 Å². The minimum absolute atomic E-state index is 0.126. The molecule has 92 valence electrons. The van der Waals surface area contributed by atoms with E-state index in [0.717, 1.165) is 37.9 Å². The van der Waals surface area contributed by atoms with Gasteiger partial charge in [0.05, 0.1) is 6.07 Å². The second-order valence-corrected chi connectivity index (χ2v) is 4.48. The van der Waals surface area contributed by atoms with E-state index < -0.39 is 5.92 Å². The van der Waals surface area contributed by atoms with E-state index in [2.05, 4.69) is 11.1 Å². The summed E-state index contributed by atoms with van der Waals surface area (Å²) in [5, 5.41) is 9.25. The van der Waals surface area contributed by atoms with E-state index in [0.29, 0.717) is 5.56 Å². The highest BCUT2D eigenvalue weighted by atomic mass is 16.1. The molecule has 0 saturated carbocycles. The third kappa shape index (κ3) is 2.84. The number of rotatable bonds is 3. The van der Waals surface area contributed by atoms with Crippen LogP contribution in [0.25, 0.3) is 0 Å². The fraction of sp³-hybridized carbons (Fsp3) is 0.400. The summed E-state index contributed by atoms with van der Waals surface area (Å²) in [6.45, 7) is 0.746. The Morgan fingerprint density at radius 2 is 2.00 bits per heavy atom. The van der Waals surface area contributed by atoms with Crippen molar-refractivity contribution in [2.24, 2.45) is 10.9 Å². The predicted octanol–water partition coefficient (Wildman–Crippen LogP) is 3.02. The van der Waals surface area contributed by atoms with E-state index >= 15 is 0 Å². The molecule has 18 heavy (non-hydrogen) atoms. The molecular weight excluding hydrogens is 224 g/mol. The number of nitriles is 1. The van der Waals surface area contributed by atoms with Gasteiger partial charge in [0, 0.05) is 17.8 Å². The fourth-order valence-electron chi connectivity index (χ4n) is 2.19. The summed E-state index contributed by atoms with van der Waals surface area (Å²) >= 11 is 0. The molecule has 1 unspecified atom stereocenters. The van der Waals surface area contributed by atoms with Crippen molar-refractivity contribution in [3.63, 3.8) is 0 Å². The molecule has 1 atom stereocenters. The maximum Gasteiger partial charge on any atom is 0.185 e. The van der Waals surface area contributed by atoms with E-state index in [1.165, 1.54) is 0 Å². The van der Waals surface area contributed by atoms with Gasteiger partial charge in [0.1, 0.15) is 5.92 Å². The molecule has 0 N–H and O–H groups in total. The number of nitrogens with zero attached hydrogens (tertiary/aromatic N) is 2. The third-order valence-corrected chi connectivity index (χ3v) is 3.19. The van der Waals surface area contributed by atoms with Gasteiger partial charge in [0.15, 0.2) is 5.78 Å². The van der Waals surface area contributed by atoms with Gasteiger partial charge in [0.2, 0.25) is 0 Å². The quantitative estimate of drug-likeness (QED) is 0.762. The van der Waals surface area contributed by atoms with Crippen molar-refractivity contribution in [1.82, 2.24) is 0 Å². The highest BCUT2D eigenvalue weighted by Gasteiger charge is 2.25. The Kier molecular flexibility index (Phi) is 4.25. The van der Waals surface area contributed by atoms with Crippen molar-refractivity contribution in [2.45, 2.75) is 25.7 Å². The number of ketones is 1. The number of aliphatic imine (C=N–C) groups is 1. The Labute approximate surface area is 107 Å². The smallest absolute Gasteiger partial charge is 0.185 e. The first-order valence-corrected chi connectivity index (χ1v) is 6.35. The number of Topliss-reactive ketones (excluding diaryl/α,β-unsaturated/α-hetero) is 1. The molecule has 1 aliphatic rings. The van der Waals surface area contributed by atoms with Crippen LogP contribution in [0.15, 0.2) is 35.3 Å². The summed E-state index contributed by atoms with van der Waals surface area (Å²) in [6, 6.07) is 11.1. The molecule has 0 bridgehead atoms. The molecular formula is C15H16N2O. The summed E-state index contributed by atoms with van der Waals surface area (Å²) < 4.78 is 0. The minimum atomic E-state index is -0.703. The van der Waals surface area contributed by atoms with Crippen LogP contribution in [0.5, 0.6) is 0 Å². The topological polar surface area (TPSA) is 53.2 Å². The van der Waals surface area contributed by atoms with Crippen LogP contribution in [0.4, 0.5) is 0 Å². The highest BCUT2D eigenvalue weighted by Crippen LogP contribution is 2.17. The van der Waals surface area contributed by atoms with Crippen molar-refractivity contribution < 1.29 is 4.79 Å². The van der Waals surface area contributed by atoms with Crippen molar-refractivity contribution >= 4 is 11.5 Å². The molecule has 2 rings (SSSR count). The van der Waals surface area contributed by atoms with Gasteiger partial charge >= 0.3 is 0 Å². The van der Waals surface area contributed by atoms with Crippen LogP contribution >= 0.6 is 0 Å².